The van der Waals surface area contributed by atoms with Crippen LogP contribution < -0.4 is 10.6 Å². The number of carbonyl (C=O) groups excluding carboxylic acids is 2. The Bertz CT molecular complexity index is 826. The molecule has 1 saturated heterocycles. The average molecular weight is 416 g/mol. The number of amides is 2. The molecule has 8 heteroatoms. The van der Waals surface area contributed by atoms with Crippen LogP contribution in [0.3, 0.4) is 0 Å². The van der Waals surface area contributed by atoms with E-state index in [9.17, 15) is 9.59 Å². The Hall–Kier alpha value is -2.19. The van der Waals surface area contributed by atoms with E-state index in [0.717, 1.165) is 43.7 Å². The molecule has 0 saturated carbocycles. The molecule has 7 nitrogen and oxygen atoms in total. The van der Waals surface area contributed by atoms with Crippen LogP contribution in [-0.4, -0.2) is 59.4 Å². The van der Waals surface area contributed by atoms with Gasteiger partial charge in [0.1, 0.15) is 5.69 Å². The van der Waals surface area contributed by atoms with Gasteiger partial charge in [0.25, 0.3) is 5.91 Å². The summed E-state index contributed by atoms with van der Waals surface area (Å²) in [6.45, 7) is 2.10. The number of H-pyrrole nitrogens is 1. The second-order valence-electron chi connectivity index (χ2n) is 8.12. The van der Waals surface area contributed by atoms with Crippen LogP contribution in [0.2, 0.25) is 0 Å². The Morgan fingerprint density at radius 3 is 3.00 bits per heavy atom. The molecule has 4 rings (SSSR count). The first-order valence-electron chi connectivity index (χ1n) is 10.5. The quantitative estimate of drug-likeness (QED) is 0.671. The molecule has 29 heavy (non-hydrogen) atoms. The Kier molecular flexibility index (Phi) is 6.30. The maximum atomic E-state index is 12.7. The van der Waals surface area contributed by atoms with Crippen molar-refractivity contribution in [3.63, 3.8) is 0 Å². The van der Waals surface area contributed by atoms with Crippen molar-refractivity contribution in [3.05, 3.63) is 39.6 Å². The van der Waals surface area contributed by atoms with Crippen molar-refractivity contribution in [2.45, 2.75) is 44.6 Å². The first-order chi connectivity index (χ1) is 14.1. The van der Waals surface area contributed by atoms with Gasteiger partial charge in [0.05, 0.1) is 16.6 Å². The number of aromatic amines is 1. The molecule has 3 N–H and O–H groups in total. The molecule has 0 unspecified atom stereocenters. The van der Waals surface area contributed by atoms with Gasteiger partial charge in [-0.3, -0.25) is 9.59 Å². The van der Waals surface area contributed by atoms with E-state index >= 15 is 0 Å². The Morgan fingerprint density at radius 2 is 2.21 bits per heavy atom. The summed E-state index contributed by atoms with van der Waals surface area (Å²) in [6, 6.07) is 3.63. The van der Waals surface area contributed by atoms with Crippen LogP contribution in [0.25, 0.3) is 0 Å². The van der Waals surface area contributed by atoms with Crippen molar-refractivity contribution in [1.29, 1.82) is 0 Å². The van der Waals surface area contributed by atoms with Gasteiger partial charge in [-0.15, -0.1) is 11.3 Å². The maximum Gasteiger partial charge on any atom is 0.267 e. The van der Waals surface area contributed by atoms with E-state index in [1.807, 2.05) is 13.1 Å². The molecule has 2 atom stereocenters. The van der Waals surface area contributed by atoms with Crippen molar-refractivity contribution < 1.29 is 9.59 Å². The van der Waals surface area contributed by atoms with Crippen molar-refractivity contribution in [2.75, 3.05) is 26.7 Å². The molecule has 0 spiro atoms. The third kappa shape index (κ3) is 5.05. The van der Waals surface area contributed by atoms with Crippen LogP contribution in [0, 0.1) is 5.92 Å². The van der Waals surface area contributed by atoms with E-state index in [1.165, 1.54) is 17.0 Å². The van der Waals surface area contributed by atoms with Crippen molar-refractivity contribution in [3.8, 4) is 0 Å². The number of likely N-dealkylation sites (tertiary alicyclic amines) is 1. The minimum Gasteiger partial charge on any atom is -0.357 e. The molecule has 2 aliphatic rings. The summed E-state index contributed by atoms with van der Waals surface area (Å²) >= 11 is 1.80. The summed E-state index contributed by atoms with van der Waals surface area (Å²) in [6.07, 6.45) is 7.62. The van der Waals surface area contributed by atoms with E-state index in [-0.39, 0.29) is 23.8 Å². The topological polar surface area (TPSA) is 90.1 Å². The van der Waals surface area contributed by atoms with Crippen molar-refractivity contribution in [1.82, 2.24) is 25.5 Å². The maximum absolute atomic E-state index is 12.7. The number of rotatable bonds is 6. The van der Waals surface area contributed by atoms with Gasteiger partial charge in [0, 0.05) is 43.2 Å². The van der Waals surface area contributed by atoms with E-state index in [4.69, 9.17) is 4.98 Å². The predicted molar refractivity (Wildman–Crippen MR) is 113 cm³/mol. The SMILES string of the molecule is CN1C[C@@H](NC(=O)c2ccc[nH]2)CC[C@@H](C(=O)NCCc2nc3c(s2)CCC3)C1. The first kappa shape index (κ1) is 20.1. The lowest BCUT2D eigenvalue weighted by Crippen LogP contribution is -2.42. The molecule has 3 heterocycles. The average Bonchev–Trinajstić information content (AvgIpc) is 3.40. The molecule has 2 amide bonds. The fourth-order valence-corrected chi connectivity index (χ4v) is 5.42. The summed E-state index contributed by atoms with van der Waals surface area (Å²) in [5, 5.41) is 7.32. The van der Waals surface area contributed by atoms with E-state index in [2.05, 4.69) is 20.5 Å². The summed E-state index contributed by atoms with van der Waals surface area (Å²) in [4.78, 5) is 36.2. The number of nitrogens with zero attached hydrogens (tertiary/aromatic N) is 2. The number of hydrogen-bond donors (Lipinski definition) is 3. The molecule has 0 radical (unpaired) electrons. The van der Waals surface area contributed by atoms with Crippen molar-refractivity contribution in [2.24, 2.45) is 5.92 Å². The lowest BCUT2D eigenvalue weighted by molar-refractivity contribution is -0.125. The number of aromatic nitrogens is 2. The van der Waals surface area contributed by atoms with Crippen LogP contribution in [-0.2, 0) is 24.1 Å². The molecule has 1 aliphatic heterocycles. The van der Waals surface area contributed by atoms with Crippen LogP contribution >= 0.6 is 11.3 Å². The van der Waals surface area contributed by atoms with Crippen LogP contribution in [0.1, 0.15) is 45.3 Å². The van der Waals surface area contributed by atoms with Gasteiger partial charge in [-0.1, -0.05) is 0 Å². The summed E-state index contributed by atoms with van der Waals surface area (Å²) in [5.41, 5.74) is 1.84. The first-order valence-corrected chi connectivity index (χ1v) is 11.3. The highest BCUT2D eigenvalue weighted by Gasteiger charge is 2.27. The monoisotopic (exact) mass is 415 g/mol. The second-order valence-corrected chi connectivity index (χ2v) is 9.29. The summed E-state index contributed by atoms with van der Waals surface area (Å²) in [5.74, 6) is -0.0300. The fraction of sp³-hybridized carbons (Fsp3) is 0.571. The molecule has 2 aromatic rings. The normalized spacial score (nSPS) is 22.1. The third-order valence-electron chi connectivity index (χ3n) is 5.75. The molecule has 156 valence electrons. The Balaban J connectivity index is 1.24. The minimum atomic E-state index is -0.0911. The van der Waals surface area contributed by atoms with E-state index in [0.29, 0.717) is 18.8 Å². The number of fused-ring (bicyclic) bond motifs is 1. The van der Waals surface area contributed by atoms with E-state index in [1.54, 1.807) is 23.6 Å². The molecular formula is C21H29N5O2S. The standard InChI is InChI=1S/C21H29N5O2S/c1-26-12-14(7-8-15(13-26)24-21(28)17-5-3-10-22-17)20(27)23-11-9-19-25-16-4-2-6-18(16)29-19/h3,5,10,14-15,22H,2,4,6-9,11-13H2,1H3,(H,23,27)(H,24,28)/t14-,15+/m1/s1. The van der Waals surface area contributed by atoms with Crippen LogP contribution in [0.15, 0.2) is 18.3 Å². The molecule has 2 aromatic heterocycles. The summed E-state index contributed by atoms with van der Waals surface area (Å²) in [7, 11) is 2.01. The second kappa shape index (κ2) is 9.09. The largest absolute Gasteiger partial charge is 0.357 e. The number of aryl methyl sites for hydroxylation is 2. The van der Waals surface area contributed by atoms with E-state index < -0.39 is 0 Å². The lowest BCUT2D eigenvalue weighted by Gasteiger charge is -2.21. The minimum absolute atomic E-state index is 0.0475. The van der Waals surface area contributed by atoms with Gasteiger partial charge in [-0.25, -0.2) is 4.98 Å². The zero-order chi connectivity index (χ0) is 20.2. The lowest BCUT2D eigenvalue weighted by atomic mass is 10.0. The van der Waals surface area contributed by atoms with Gasteiger partial charge >= 0.3 is 0 Å². The third-order valence-corrected chi connectivity index (χ3v) is 6.97. The molecule has 0 bridgehead atoms. The fourth-order valence-electron chi connectivity index (χ4n) is 4.27. The highest BCUT2D eigenvalue weighted by molar-refractivity contribution is 7.11. The van der Waals surface area contributed by atoms with Crippen LogP contribution in [0.5, 0.6) is 0 Å². The molecule has 1 aliphatic carbocycles. The van der Waals surface area contributed by atoms with Crippen molar-refractivity contribution >= 4 is 23.2 Å². The van der Waals surface area contributed by atoms with Gasteiger partial charge in [-0.05, 0) is 51.3 Å². The number of carbonyl (C=O) groups is 2. The number of hydrogen-bond acceptors (Lipinski definition) is 5. The van der Waals surface area contributed by atoms with Gasteiger partial charge in [-0.2, -0.15) is 0 Å². The summed E-state index contributed by atoms with van der Waals surface area (Å²) < 4.78 is 0. The number of likely N-dealkylation sites (N-methyl/N-ethyl adjacent to an activating group) is 1. The highest BCUT2D eigenvalue weighted by Crippen LogP contribution is 2.27. The smallest absolute Gasteiger partial charge is 0.267 e. The van der Waals surface area contributed by atoms with Crippen LogP contribution in [0.4, 0.5) is 0 Å². The molecule has 0 aromatic carbocycles. The Morgan fingerprint density at radius 1 is 1.31 bits per heavy atom. The van der Waals surface area contributed by atoms with Gasteiger partial charge in [0.2, 0.25) is 5.91 Å². The number of nitrogens with one attached hydrogen (secondary N) is 3. The molecule has 1 fully saturated rings. The predicted octanol–water partition coefficient (Wildman–Crippen LogP) is 1.76. The molecular weight excluding hydrogens is 386 g/mol. The zero-order valence-corrected chi connectivity index (χ0v) is 17.7. The van der Waals surface area contributed by atoms with Gasteiger partial charge < -0.3 is 20.5 Å². The van der Waals surface area contributed by atoms with Gasteiger partial charge in [0.15, 0.2) is 0 Å². The number of thiazole rings is 1. The Labute approximate surface area is 175 Å². The zero-order valence-electron chi connectivity index (χ0n) is 16.9. The highest BCUT2D eigenvalue weighted by atomic mass is 32.1.